The first-order chi connectivity index (χ1) is 15.0. The standard InChI is InChI=1S/C23H18N4O4/c1-14-20(22(29)27(26-14)17-9-3-2-4-10-17)25-24-19-12-6-11-18(21(19)28)15-7-5-8-16(13-15)23(30)31/h2-13,26,28H,1H3,(H,30,31). The summed E-state index contributed by atoms with van der Waals surface area (Å²) in [5.41, 5.74) is 2.16. The Morgan fingerprint density at radius 1 is 0.968 bits per heavy atom. The van der Waals surface area contributed by atoms with Crippen LogP contribution in [0.2, 0.25) is 0 Å². The monoisotopic (exact) mass is 414 g/mol. The van der Waals surface area contributed by atoms with Gasteiger partial charge in [-0.05, 0) is 42.8 Å². The molecule has 0 amide bonds. The number of nitrogens with zero attached hydrogens (tertiary/aromatic N) is 3. The average Bonchev–Trinajstić information content (AvgIpc) is 3.07. The van der Waals surface area contributed by atoms with Crippen LogP contribution in [0.15, 0.2) is 87.8 Å². The third kappa shape index (κ3) is 3.86. The second-order valence-corrected chi connectivity index (χ2v) is 6.82. The number of H-pyrrole nitrogens is 1. The molecule has 0 aliphatic rings. The van der Waals surface area contributed by atoms with Crippen LogP contribution in [0, 0.1) is 6.92 Å². The Labute approximate surface area is 176 Å². The normalized spacial score (nSPS) is 11.1. The van der Waals surface area contributed by atoms with E-state index in [2.05, 4.69) is 15.3 Å². The molecule has 31 heavy (non-hydrogen) atoms. The number of aromatic amines is 1. The number of aromatic nitrogens is 2. The lowest BCUT2D eigenvalue weighted by Crippen LogP contribution is -2.13. The van der Waals surface area contributed by atoms with Gasteiger partial charge in [-0.25, -0.2) is 9.48 Å². The number of aromatic carboxylic acids is 1. The highest BCUT2D eigenvalue weighted by Gasteiger charge is 2.14. The summed E-state index contributed by atoms with van der Waals surface area (Å²) < 4.78 is 1.37. The summed E-state index contributed by atoms with van der Waals surface area (Å²) in [5, 5.41) is 31.0. The number of carboxylic acids is 1. The SMILES string of the molecule is Cc1[nH]n(-c2ccccc2)c(=O)c1N=Nc1cccc(-c2cccc(C(=O)O)c2)c1O. The Bertz CT molecular complexity index is 1350. The zero-order chi connectivity index (χ0) is 22.0. The molecule has 0 atom stereocenters. The lowest BCUT2D eigenvalue weighted by atomic mass is 10.0. The average molecular weight is 414 g/mol. The number of phenols is 1. The third-order valence-corrected chi connectivity index (χ3v) is 4.75. The minimum Gasteiger partial charge on any atom is -0.505 e. The molecule has 0 saturated carbocycles. The summed E-state index contributed by atoms with van der Waals surface area (Å²) in [4.78, 5) is 24.0. The Hall–Kier alpha value is -4.46. The van der Waals surface area contributed by atoms with Crippen molar-refractivity contribution in [2.45, 2.75) is 6.92 Å². The van der Waals surface area contributed by atoms with Gasteiger partial charge >= 0.3 is 5.97 Å². The fourth-order valence-electron chi connectivity index (χ4n) is 3.18. The van der Waals surface area contributed by atoms with Gasteiger partial charge in [0.1, 0.15) is 5.69 Å². The van der Waals surface area contributed by atoms with Crippen molar-refractivity contribution < 1.29 is 15.0 Å². The highest BCUT2D eigenvalue weighted by atomic mass is 16.4. The maximum absolute atomic E-state index is 12.7. The van der Waals surface area contributed by atoms with Crippen molar-refractivity contribution in [1.29, 1.82) is 0 Å². The number of carbonyl (C=O) groups is 1. The molecule has 0 bridgehead atoms. The van der Waals surface area contributed by atoms with E-state index in [-0.39, 0.29) is 28.2 Å². The molecule has 0 fully saturated rings. The van der Waals surface area contributed by atoms with Crippen LogP contribution in [0.25, 0.3) is 16.8 Å². The topological polar surface area (TPSA) is 120 Å². The number of para-hydroxylation sites is 2. The minimum atomic E-state index is -1.06. The predicted molar refractivity (Wildman–Crippen MR) is 116 cm³/mol. The summed E-state index contributed by atoms with van der Waals surface area (Å²) >= 11 is 0. The van der Waals surface area contributed by atoms with Crippen LogP contribution in [-0.2, 0) is 0 Å². The summed E-state index contributed by atoms with van der Waals surface area (Å²) in [6.45, 7) is 1.71. The van der Waals surface area contributed by atoms with Gasteiger partial charge in [-0.2, -0.15) is 0 Å². The van der Waals surface area contributed by atoms with E-state index in [4.69, 9.17) is 0 Å². The molecule has 4 rings (SSSR count). The fraction of sp³-hybridized carbons (Fsp3) is 0.0435. The van der Waals surface area contributed by atoms with Crippen LogP contribution in [-0.4, -0.2) is 26.0 Å². The molecule has 0 radical (unpaired) electrons. The molecule has 0 unspecified atom stereocenters. The quantitative estimate of drug-likeness (QED) is 0.400. The van der Waals surface area contributed by atoms with Crippen molar-refractivity contribution >= 4 is 17.3 Å². The molecule has 0 aliphatic heterocycles. The first-order valence-corrected chi connectivity index (χ1v) is 9.40. The van der Waals surface area contributed by atoms with E-state index >= 15 is 0 Å². The van der Waals surface area contributed by atoms with Crippen LogP contribution in [0.4, 0.5) is 11.4 Å². The van der Waals surface area contributed by atoms with Crippen LogP contribution in [0.1, 0.15) is 16.1 Å². The number of rotatable bonds is 5. The number of carboxylic acid groups (broad SMARTS) is 1. The van der Waals surface area contributed by atoms with E-state index in [1.165, 1.54) is 16.8 Å². The maximum atomic E-state index is 12.7. The van der Waals surface area contributed by atoms with Gasteiger partial charge in [-0.3, -0.25) is 9.89 Å². The van der Waals surface area contributed by atoms with Gasteiger partial charge in [0.2, 0.25) is 0 Å². The van der Waals surface area contributed by atoms with E-state index in [9.17, 15) is 19.8 Å². The number of phenolic OH excluding ortho intramolecular Hbond substituents is 1. The molecule has 154 valence electrons. The Kier molecular flexibility index (Phi) is 5.19. The first-order valence-electron chi connectivity index (χ1n) is 9.40. The molecule has 8 nitrogen and oxygen atoms in total. The van der Waals surface area contributed by atoms with E-state index in [1.807, 2.05) is 18.2 Å². The molecular formula is C23H18N4O4. The Morgan fingerprint density at radius 2 is 1.71 bits per heavy atom. The van der Waals surface area contributed by atoms with Gasteiger partial charge in [0, 0.05) is 5.56 Å². The summed E-state index contributed by atoms with van der Waals surface area (Å²) in [5.74, 6) is -1.22. The van der Waals surface area contributed by atoms with Gasteiger partial charge in [-0.15, -0.1) is 10.2 Å². The van der Waals surface area contributed by atoms with Crippen molar-refractivity contribution in [3.63, 3.8) is 0 Å². The highest BCUT2D eigenvalue weighted by molar-refractivity contribution is 5.90. The summed E-state index contributed by atoms with van der Waals surface area (Å²) in [7, 11) is 0. The van der Waals surface area contributed by atoms with Crippen LogP contribution in [0.5, 0.6) is 5.75 Å². The zero-order valence-corrected chi connectivity index (χ0v) is 16.5. The molecule has 3 N–H and O–H groups in total. The predicted octanol–water partition coefficient (Wildman–Crippen LogP) is 4.96. The summed E-state index contributed by atoms with van der Waals surface area (Å²) in [6, 6.07) is 20.2. The smallest absolute Gasteiger partial charge is 0.335 e. The molecule has 1 aromatic heterocycles. The molecule has 4 aromatic rings. The lowest BCUT2D eigenvalue weighted by molar-refractivity contribution is 0.0697. The van der Waals surface area contributed by atoms with Gasteiger partial charge < -0.3 is 10.2 Å². The Morgan fingerprint density at radius 3 is 2.45 bits per heavy atom. The molecule has 0 aliphatic carbocycles. The van der Waals surface area contributed by atoms with E-state index in [0.717, 1.165) is 0 Å². The minimum absolute atomic E-state index is 0.105. The van der Waals surface area contributed by atoms with E-state index in [1.54, 1.807) is 49.4 Å². The van der Waals surface area contributed by atoms with Gasteiger partial charge in [0.05, 0.1) is 16.9 Å². The number of aryl methyl sites for hydroxylation is 1. The van der Waals surface area contributed by atoms with Gasteiger partial charge in [-0.1, -0.05) is 42.5 Å². The molecular weight excluding hydrogens is 396 g/mol. The van der Waals surface area contributed by atoms with E-state index in [0.29, 0.717) is 22.5 Å². The largest absolute Gasteiger partial charge is 0.505 e. The molecule has 0 saturated heterocycles. The maximum Gasteiger partial charge on any atom is 0.335 e. The molecule has 8 heteroatoms. The van der Waals surface area contributed by atoms with Crippen molar-refractivity contribution in [1.82, 2.24) is 9.78 Å². The van der Waals surface area contributed by atoms with Crippen molar-refractivity contribution in [3.05, 3.63) is 94.4 Å². The first kappa shape index (κ1) is 19.8. The van der Waals surface area contributed by atoms with Crippen molar-refractivity contribution in [2.75, 3.05) is 0 Å². The number of benzene rings is 3. The van der Waals surface area contributed by atoms with Crippen molar-refractivity contribution in [3.8, 4) is 22.6 Å². The third-order valence-electron chi connectivity index (χ3n) is 4.75. The second-order valence-electron chi connectivity index (χ2n) is 6.82. The van der Waals surface area contributed by atoms with Crippen molar-refractivity contribution in [2.24, 2.45) is 10.2 Å². The van der Waals surface area contributed by atoms with Gasteiger partial charge in [0.25, 0.3) is 5.56 Å². The number of azo groups is 1. The number of hydrogen-bond donors (Lipinski definition) is 3. The van der Waals surface area contributed by atoms with E-state index < -0.39 is 5.97 Å². The molecule has 1 heterocycles. The second kappa shape index (κ2) is 8.11. The summed E-state index contributed by atoms with van der Waals surface area (Å²) in [6.07, 6.45) is 0. The highest BCUT2D eigenvalue weighted by Crippen LogP contribution is 2.38. The lowest BCUT2D eigenvalue weighted by Gasteiger charge is -2.07. The molecule has 3 aromatic carbocycles. The van der Waals surface area contributed by atoms with Crippen LogP contribution in [0.3, 0.4) is 0 Å². The molecule has 0 spiro atoms. The van der Waals surface area contributed by atoms with Crippen LogP contribution >= 0.6 is 0 Å². The number of hydrogen-bond acceptors (Lipinski definition) is 5. The fourth-order valence-corrected chi connectivity index (χ4v) is 3.18. The number of nitrogens with one attached hydrogen (secondary N) is 1. The zero-order valence-electron chi connectivity index (χ0n) is 16.5. The Balaban J connectivity index is 1.71. The van der Waals surface area contributed by atoms with Gasteiger partial charge in [0.15, 0.2) is 11.4 Å². The van der Waals surface area contributed by atoms with Crippen LogP contribution < -0.4 is 5.56 Å². The number of aromatic hydroxyl groups is 1.